The summed E-state index contributed by atoms with van der Waals surface area (Å²) in [6.07, 6.45) is 1.59. The van der Waals surface area contributed by atoms with Crippen molar-refractivity contribution in [3.8, 4) is 5.75 Å². The minimum absolute atomic E-state index is 0.429. The number of hydrogen-bond acceptors (Lipinski definition) is 4. The van der Waals surface area contributed by atoms with Gasteiger partial charge >= 0.3 is 0 Å². The molecule has 1 heterocycles. The Kier molecular flexibility index (Phi) is 7.52. The molecule has 1 fully saturated rings. The van der Waals surface area contributed by atoms with E-state index in [4.69, 9.17) is 16.3 Å². The number of aliphatic hydroxyl groups is 1. The molecule has 1 aromatic rings. The fourth-order valence-electron chi connectivity index (χ4n) is 2.46. The van der Waals surface area contributed by atoms with Gasteiger partial charge < -0.3 is 20.5 Å². The summed E-state index contributed by atoms with van der Waals surface area (Å²) in [7, 11) is 1.63. The second-order valence-electron chi connectivity index (χ2n) is 5.86. The molecule has 1 aromatic carbocycles. The van der Waals surface area contributed by atoms with Crippen molar-refractivity contribution in [3.05, 3.63) is 28.8 Å². The van der Waals surface area contributed by atoms with Gasteiger partial charge in [0.05, 0.1) is 19.3 Å². The molecular weight excluding hydrogens is 346 g/mol. The van der Waals surface area contributed by atoms with Crippen LogP contribution < -0.4 is 15.4 Å². The molecule has 1 aliphatic rings. The first-order chi connectivity index (χ1) is 11.6. The highest BCUT2D eigenvalue weighted by Gasteiger charge is 2.31. The Labute approximate surface area is 153 Å². The van der Waals surface area contributed by atoms with Crippen LogP contribution in [0, 0.1) is 0 Å². The molecule has 1 atom stereocenters. The quantitative estimate of drug-likeness (QED) is 0.507. The maximum absolute atomic E-state index is 10.4. The van der Waals surface area contributed by atoms with E-state index in [-0.39, 0.29) is 0 Å². The van der Waals surface area contributed by atoms with Gasteiger partial charge in [0.1, 0.15) is 5.75 Å². The van der Waals surface area contributed by atoms with Crippen molar-refractivity contribution in [3.63, 3.8) is 0 Å². The molecular formula is C17H26ClN3O2S. The van der Waals surface area contributed by atoms with Crippen molar-refractivity contribution in [2.45, 2.75) is 25.4 Å². The molecule has 134 valence electrons. The molecule has 0 amide bonds. The van der Waals surface area contributed by atoms with Crippen LogP contribution in [0.2, 0.25) is 5.02 Å². The summed E-state index contributed by atoms with van der Waals surface area (Å²) in [5.74, 6) is 3.25. The Morgan fingerprint density at radius 2 is 2.29 bits per heavy atom. The summed E-state index contributed by atoms with van der Waals surface area (Å²) in [5.41, 5.74) is 0.401. The number of rotatable bonds is 7. The van der Waals surface area contributed by atoms with Crippen molar-refractivity contribution in [1.29, 1.82) is 0 Å². The van der Waals surface area contributed by atoms with Crippen LogP contribution in [-0.2, 0) is 6.42 Å². The van der Waals surface area contributed by atoms with E-state index in [0.717, 1.165) is 48.2 Å². The standard InChI is InChI=1S/C17H26ClN3O2S/c1-3-19-16(21-11-17(22)7-9-24-12-17)20-8-6-13-4-5-14(23-2)10-15(13)18/h4-5,10,22H,3,6-9,11-12H2,1-2H3,(H2,19,20,21). The molecule has 3 N–H and O–H groups in total. The van der Waals surface area contributed by atoms with Crippen LogP contribution in [0.3, 0.4) is 0 Å². The van der Waals surface area contributed by atoms with Gasteiger partial charge in [-0.3, -0.25) is 4.99 Å². The fourth-order valence-corrected chi connectivity index (χ4v) is 4.01. The van der Waals surface area contributed by atoms with E-state index in [1.54, 1.807) is 18.9 Å². The lowest BCUT2D eigenvalue weighted by atomic mass is 10.1. The smallest absolute Gasteiger partial charge is 0.191 e. The summed E-state index contributed by atoms with van der Waals surface area (Å²) in [6.45, 7) is 3.95. The van der Waals surface area contributed by atoms with Gasteiger partial charge in [-0.05, 0) is 43.2 Å². The predicted molar refractivity (Wildman–Crippen MR) is 103 cm³/mol. The normalized spacial score (nSPS) is 20.9. The lowest BCUT2D eigenvalue weighted by Gasteiger charge is -2.20. The molecule has 0 bridgehead atoms. The molecule has 0 saturated carbocycles. The van der Waals surface area contributed by atoms with Gasteiger partial charge in [-0.2, -0.15) is 11.8 Å². The average molecular weight is 372 g/mol. The number of halogens is 1. The number of guanidine groups is 1. The maximum atomic E-state index is 10.4. The van der Waals surface area contributed by atoms with E-state index >= 15 is 0 Å². The molecule has 0 radical (unpaired) electrons. The molecule has 5 nitrogen and oxygen atoms in total. The van der Waals surface area contributed by atoms with E-state index in [9.17, 15) is 5.11 Å². The van der Waals surface area contributed by atoms with Gasteiger partial charge in [0.25, 0.3) is 0 Å². The minimum Gasteiger partial charge on any atom is -0.497 e. The third kappa shape index (κ3) is 5.76. The second-order valence-corrected chi connectivity index (χ2v) is 7.37. The number of aliphatic imine (C=N–C) groups is 1. The van der Waals surface area contributed by atoms with Crippen molar-refractivity contribution in [1.82, 2.24) is 10.6 Å². The highest BCUT2D eigenvalue weighted by molar-refractivity contribution is 7.99. The number of methoxy groups -OCH3 is 1. The first-order valence-corrected chi connectivity index (χ1v) is 9.74. The van der Waals surface area contributed by atoms with Gasteiger partial charge in [-0.1, -0.05) is 17.7 Å². The predicted octanol–water partition coefficient (Wildman–Crippen LogP) is 2.31. The largest absolute Gasteiger partial charge is 0.497 e. The summed E-state index contributed by atoms with van der Waals surface area (Å²) >= 11 is 8.04. The number of thioether (sulfide) groups is 1. The first kappa shape index (κ1) is 19.2. The van der Waals surface area contributed by atoms with Gasteiger partial charge in [0.15, 0.2) is 5.96 Å². The zero-order valence-electron chi connectivity index (χ0n) is 14.3. The average Bonchev–Trinajstić information content (AvgIpc) is 3.01. The number of nitrogens with zero attached hydrogens (tertiary/aromatic N) is 1. The molecule has 0 spiro atoms. The number of nitrogens with one attached hydrogen (secondary N) is 2. The highest BCUT2D eigenvalue weighted by Crippen LogP contribution is 2.27. The molecule has 1 aliphatic heterocycles. The van der Waals surface area contributed by atoms with Crippen molar-refractivity contribution in [2.75, 3.05) is 38.2 Å². The summed E-state index contributed by atoms with van der Waals surface area (Å²) in [5, 5.41) is 17.6. The lowest BCUT2D eigenvalue weighted by Crippen LogP contribution is -2.40. The Bertz CT molecular complexity index is 563. The Morgan fingerprint density at radius 3 is 2.92 bits per heavy atom. The van der Waals surface area contributed by atoms with Crippen LogP contribution in [0.25, 0.3) is 0 Å². The highest BCUT2D eigenvalue weighted by atomic mass is 35.5. The first-order valence-electron chi connectivity index (χ1n) is 8.21. The zero-order chi connectivity index (χ0) is 17.4. The van der Waals surface area contributed by atoms with Crippen LogP contribution in [0.1, 0.15) is 18.9 Å². The maximum Gasteiger partial charge on any atom is 0.191 e. The van der Waals surface area contributed by atoms with E-state index in [2.05, 4.69) is 15.6 Å². The number of hydrogen-bond donors (Lipinski definition) is 3. The molecule has 1 saturated heterocycles. The van der Waals surface area contributed by atoms with Crippen LogP contribution in [-0.4, -0.2) is 54.9 Å². The van der Waals surface area contributed by atoms with E-state index in [1.807, 2.05) is 25.1 Å². The Balaban J connectivity index is 1.87. The van der Waals surface area contributed by atoms with Gasteiger partial charge in [0, 0.05) is 23.9 Å². The van der Waals surface area contributed by atoms with Gasteiger partial charge in [0.2, 0.25) is 0 Å². The molecule has 0 aliphatic carbocycles. The van der Waals surface area contributed by atoms with Crippen molar-refractivity contribution in [2.24, 2.45) is 4.99 Å². The summed E-state index contributed by atoms with van der Waals surface area (Å²) in [6, 6.07) is 5.71. The van der Waals surface area contributed by atoms with Crippen molar-refractivity contribution < 1.29 is 9.84 Å². The van der Waals surface area contributed by atoms with Crippen LogP contribution in [0.5, 0.6) is 5.75 Å². The summed E-state index contributed by atoms with van der Waals surface area (Å²) in [4.78, 5) is 4.53. The molecule has 2 rings (SSSR count). The minimum atomic E-state index is -0.660. The van der Waals surface area contributed by atoms with Gasteiger partial charge in [-0.15, -0.1) is 0 Å². The Morgan fingerprint density at radius 1 is 1.46 bits per heavy atom. The van der Waals surface area contributed by atoms with Gasteiger partial charge in [-0.25, -0.2) is 0 Å². The second kappa shape index (κ2) is 9.39. The van der Waals surface area contributed by atoms with Crippen LogP contribution in [0.15, 0.2) is 23.2 Å². The van der Waals surface area contributed by atoms with E-state index < -0.39 is 5.60 Å². The zero-order valence-corrected chi connectivity index (χ0v) is 15.8. The lowest BCUT2D eigenvalue weighted by molar-refractivity contribution is 0.0778. The fraction of sp³-hybridized carbons (Fsp3) is 0.588. The van der Waals surface area contributed by atoms with E-state index in [0.29, 0.717) is 18.1 Å². The van der Waals surface area contributed by atoms with Crippen molar-refractivity contribution >= 4 is 29.3 Å². The third-order valence-electron chi connectivity index (χ3n) is 3.91. The molecule has 0 aromatic heterocycles. The van der Waals surface area contributed by atoms with Crippen LogP contribution in [0.4, 0.5) is 0 Å². The molecule has 24 heavy (non-hydrogen) atoms. The molecule has 7 heteroatoms. The van der Waals surface area contributed by atoms with E-state index in [1.165, 1.54) is 0 Å². The SMILES string of the molecule is CCNC(=NCC1(O)CCSC1)NCCc1ccc(OC)cc1Cl. The Hall–Kier alpha value is -1.11. The summed E-state index contributed by atoms with van der Waals surface area (Å²) < 4.78 is 5.16. The molecule has 1 unspecified atom stereocenters. The monoisotopic (exact) mass is 371 g/mol. The van der Waals surface area contributed by atoms with Crippen LogP contribution >= 0.6 is 23.4 Å². The number of ether oxygens (including phenoxy) is 1. The topological polar surface area (TPSA) is 65.9 Å². The third-order valence-corrected chi connectivity index (χ3v) is 5.49. The number of benzene rings is 1.